The van der Waals surface area contributed by atoms with Crippen molar-refractivity contribution >= 4 is 23.4 Å². The fraction of sp³-hybridized carbons (Fsp3) is 0.200. The third kappa shape index (κ3) is 1.51. The van der Waals surface area contributed by atoms with Gasteiger partial charge in [0.2, 0.25) is 0 Å². The zero-order chi connectivity index (χ0) is 7.56. The Bertz CT molecular complexity index is 217. The Morgan fingerprint density at radius 3 is 2.20 bits per heavy atom. The zero-order valence-corrected chi connectivity index (χ0v) is 6.35. The lowest BCUT2D eigenvalue weighted by molar-refractivity contribution is 0.988. The van der Waals surface area contributed by atoms with Gasteiger partial charge in [0.1, 0.15) is 11.6 Å². The van der Waals surface area contributed by atoms with E-state index in [-0.39, 0.29) is 0 Å². The molecule has 0 aliphatic carbocycles. The highest BCUT2D eigenvalue weighted by Crippen LogP contribution is 2.12. The van der Waals surface area contributed by atoms with Gasteiger partial charge in [0.25, 0.3) is 0 Å². The van der Waals surface area contributed by atoms with Gasteiger partial charge in [-0.3, -0.25) is 0 Å². The number of hydrogen-bond acceptors (Lipinski definition) is 5. The standard InChI is InChI=1S/C5H8N4S/c1-10-5-8-3(6)2-4(7)9-5/h2H,1H3,(H4,6,7,8,9). The van der Waals surface area contributed by atoms with Crippen LogP contribution in [0.25, 0.3) is 0 Å². The summed E-state index contributed by atoms with van der Waals surface area (Å²) in [6.45, 7) is 0. The van der Waals surface area contributed by atoms with Crippen molar-refractivity contribution in [3.63, 3.8) is 0 Å². The molecule has 4 N–H and O–H groups in total. The predicted octanol–water partition coefficient (Wildman–Crippen LogP) is 0.363. The van der Waals surface area contributed by atoms with E-state index in [9.17, 15) is 0 Å². The highest BCUT2D eigenvalue weighted by molar-refractivity contribution is 7.98. The van der Waals surface area contributed by atoms with Crippen LogP contribution in [-0.4, -0.2) is 16.2 Å². The number of rotatable bonds is 1. The van der Waals surface area contributed by atoms with E-state index < -0.39 is 0 Å². The van der Waals surface area contributed by atoms with Gasteiger partial charge >= 0.3 is 0 Å². The van der Waals surface area contributed by atoms with E-state index in [1.807, 2.05) is 6.26 Å². The van der Waals surface area contributed by atoms with Crippen molar-refractivity contribution in [2.75, 3.05) is 17.7 Å². The van der Waals surface area contributed by atoms with Crippen LogP contribution in [0.3, 0.4) is 0 Å². The maximum atomic E-state index is 5.39. The summed E-state index contributed by atoms with van der Waals surface area (Å²) in [6.07, 6.45) is 1.87. The minimum Gasteiger partial charge on any atom is -0.383 e. The van der Waals surface area contributed by atoms with E-state index >= 15 is 0 Å². The fourth-order valence-electron chi connectivity index (χ4n) is 0.553. The number of nitrogens with two attached hydrogens (primary N) is 2. The molecule has 0 aromatic carbocycles. The lowest BCUT2D eigenvalue weighted by atomic mass is 10.5. The summed E-state index contributed by atoms with van der Waals surface area (Å²) >= 11 is 1.41. The van der Waals surface area contributed by atoms with E-state index in [0.717, 1.165) is 0 Å². The minimum atomic E-state index is 0.414. The van der Waals surface area contributed by atoms with Crippen molar-refractivity contribution in [1.82, 2.24) is 9.97 Å². The van der Waals surface area contributed by atoms with Crippen molar-refractivity contribution in [3.8, 4) is 0 Å². The molecule has 0 saturated carbocycles. The molecule has 0 amide bonds. The average molecular weight is 156 g/mol. The molecule has 1 heterocycles. The molecule has 0 fully saturated rings. The smallest absolute Gasteiger partial charge is 0.191 e. The van der Waals surface area contributed by atoms with Crippen LogP contribution in [0.5, 0.6) is 0 Å². The highest BCUT2D eigenvalue weighted by atomic mass is 32.2. The molecule has 5 heteroatoms. The maximum absolute atomic E-state index is 5.39. The molecule has 0 unspecified atom stereocenters. The molecule has 54 valence electrons. The number of nitrogens with zero attached hydrogens (tertiary/aromatic N) is 2. The molecular formula is C5H8N4S. The van der Waals surface area contributed by atoms with E-state index in [1.165, 1.54) is 17.8 Å². The summed E-state index contributed by atoms with van der Waals surface area (Å²) in [5.74, 6) is 0.828. The Kier molecular flexibility index (Phi) is 1.96. The first-order chi connectivity index (χ1) is 4.72. The van der Waals surface area contributed by atoms with Gasteiger partial charge in [-0.1, -0.05) is 11.8 Å². The number of aromatic nitrogens is 2. The number of anilines is 2. The first-order valence-electron chi connectivity index (χ1n) is 2.66. The van der Waals surface area contributed by atoms with Gasteiger partial charge in [-0.05, 0) is 6.26 Å². The summed E-state index contributed by atoms with van der Waals surface area (Å²) < 4.78 is 0. The Labute approximate surface area is 63.0 Å². The van der Waals surface area contributed by atoms with E-state index in [1.54, 1.807) is 0 Å². The van der Waals surface area contributed by atoms with E-state index in [4.69, 9.17) is 11.5 Å². The summed E-state index contributed by atoms with van der Waals surface area (Å²) in [6, 6.07) is 1.53. The van der Waals surface area contributed by atoms with Gasteiger partial charge in [0.05, 0.1) is 0 Å². The monoisotopic (exact) mass is 156 g/mol. The second kappa shape index (κ2) is 2.74. The minimum absolute atomic E-state index is 0.414. The van der Waals surface area contributed by atoms with Crippen LogP contribution < -0.4 is 11.5 Å². The SMILES string of the molecule is CSc1nc(N)cc(N)n1. The molecule has 0 atom stereocenters. The van der Waals surface area contributed by atoms with E-state index in [2.05, 4.69) is 9.97 Å². The molecule has 0 radical (unpaired) electrons. The quantitative estimate of drug-likeness (QED) is 0.453. The van der Waals surface area contributed by atoms with Crippen LogP contribution in [0.2, 0.25) is 0 Å². The van der Waals surface area contributed by atoms with Crippen molar-refractivity contribution in [1.29, 1.82) is 0 Å². The van der Waals surface area contributed by atoms with Crippen LogP contribution in [0.15, 0.2) is 11.2 Å². The Morgan fingerprint density at radius 2 is 1.80 bits per heavy atom. The van der Waals surface area contributed by atoms with Crippen LogP contribution in [0.1, 0.15) is 0 Å². The molecule has 10 heavy (non-hydrogen) atoms. The van der Waals surface area contributed by atoms with Crippen LogP contribution in [0.4, 0.5) is 11.6 Å². The lowest BCUT2D eigenvalue weighted by Gasteiger charge is -1.97. The zero-order valence-electron chi connectivity index (χ0n) is 5.53. The summed E-state index contributed by atoms with van der Waals surface area (Å²) in [7, 11) is 0. The van der Waals surface area contributed by atoms with Gasteiger partial charge in [-0.25, -0.2) is 9.97 Å². The average Bonchev–Trinajstić information content (AvgIpc) is 1.85. The van der Waals surface area contributed by atoms with Crippen molar-refractivity contribution in [2.24, 2.45) is 0 Å². The van der Waals surface area contributed by atoms with Gasteiger partial charge < -0.3 is 11.5 Å². The van der Waals surface area contributed by atoms with E-state index in [0.29, 0.717) is 16.8 Å². The van der Waals surface area contributed by atoms with Crippen molar-refractivity contribution < 1.29 is 0 Å². The lowest BCUT2D eigenvalue weighted by Crippen LogP contribution is -1.98. The maximum Gasteiger partial charge on any atom is 0.191 e. The molecule has 0 bridgehead atoms. The van der Waals surface area contributed by atoms with Crippen molar-refractivity contribution in [3.05, 3.63) is 6.07 Å². The fourth-order valence-corrected chi connectivity index (χ4v) is 0.947. The Hall–Kier alpha value is -0.970. The van der Waals surface area contributed by atoms with Gasteiger partial charge in [0.15, 0.2) is 5.16 Å². The molecule has 0 aliphatic heterocycles. The second-order valence-corrected chi connectivity index (χ2v) is 2.48. The van der Waals surface area contributed by atoms with Gasteiger partial charge in [-0.15, -0.1) is 0 Å². The summed E-state index contributed by atoms with van der Waals surface area (Å²) in [4.78, 5) is 7.80. The number of hydrogen-bond donors (Lipinski definition) is 2. The molecule has 0 aliphatic rings. The Morgan fingerprint density at radius 1 is 1.30 bits per heavy atom. The number of thioether (sulfide) groups is 1. The Balaban J connectivity index is 3.06. The van der Waals surface area contributed by atoms with Crippen LogP contribution >= 0.6 is 11.8 Å². The third-order valence-electron chi connectivity index (χ3n) is 0.928. The van der Waals surface area contributed by atoms with Crippen molar-refractivity contribution in [2.45, 2.75) is 5.16 Å². The predicted molar refractivity (Wildman–Crippen MR) is 42.6 cm³/mol. The molecular weight excluding hydrogens is 148 g/mol. The molecule has 1 aromatic rings. The summed E-state index contributed by atoms with van der Waals surface area (Å²) in [5.41, 5.74) is 10.8. The topological polar surface area (TPSA) is 77.8 Å². The second-order valence-electron chi connectivity index (χ2n) is 1.70. The first-order valence-corrected chi connectivity index (χ1v) is 3.89. The van der Waals surface area contributed by atoms with Crippen LogP contribution in [0, 0.1) is 0 Å². The number of nitrogen functional groups attached to an aromatic ring is 2. The van der Waals surface area contributed by atoms with Crippen LogP contribution in [-0.2, 0) is 0 Å². The molecule has 1 aromatic heterocycles. The van der Waals surface area contributed by atoms with Gasteiger partial charge in [-0.2, -0.15) is 0 Å². The normalized spacial score (nSPS) is 9.70. The summed E-state index contributed by atoms with van der Waals surface area (Å²) in [5, 5.41) is 0.609. The molecule has 1 rings (SSSR count). The highest BCUT2D eigenvalue weighted by Gasteiger charge is 1.96. The third-order valence-corrected chi connectivity index (χ3v) is 1.48. The first kappa shape index (κ1) is 7.14. The molecule has 4 nitrogen and oxygen atoms in total. The van der Waals surface area contributed by atoms with Gasteiger partial charge in [0, 0.05) is 6.07 Å². The molecule has 0 spiro atoms. The largest absolute Gasteiger partial charge is 0.383 e. The molecule has 0 saturated heterocycles.